The summed E-state index contributed by atoms with van der Waals surface area (Å²) in [5, 5.41) is 13.9. The minimum atomic E-state index is -0.674. The van der Waals surface area contributed by atoms with Gasteiger partial charge in [-0.1, -0.05) is 22.3 Å². The SMILES string of the molecule is OC1COC2C(Oc3cc(Cl)ccc3Nc3ncnc4cc(N=S5CCC5)cc(F)c34)COC12. The molecule has 0 amide bonds. The fraction of sp³-hybridized carbons (Fsp3) is 0.391. The molecule has 4 heterocycles. The number of hydrogen-bond donors (Lipinski definition) is 2. The van der Waals surface area contributed by atoms with Crippen LogP contribution in [-0.2, 0) is 20.2 Å². The van der Waals surface area contributed by atoms with Crippen molar-refractivity contribution >= 4 is 50.4 Å². The average molecular weight is 505 g/mol. The highest BCUT2D eigenvalue weighted by molar-refractivity contribution is 7.88. The van der Waals surface area contributed by atoms with Gasteiger partial charge in [-0.15, -0.1) is 0 Å². The van der Waals surface area contributed by atoms with Crippen molar-refractivity contribution in [2.45, 2.75) is 30.8 Å². The van der Waals surface area contributed by atoms with Crippen LogP contribution in [0.1, 0.15) is 6.42 Å². The van der Waals surface area contributed by atoms with Crippen LogP contribution in [-0.4, -0.2) is 64.2 Å². The van der Waals surface area contributed by atoms with Crippen molar-refractivity contribution in [2.75, 3.05) is 30.0 Å². The Bertz CT molecular complexity index is 1290. The number of nitrogens with one attached hydrogen (secondary N) is 1. The van der Waals surface area contributed by atoms with Gasteiger partial charge in [0.15, 0.2) is 6.10 Å². The van der Waals surface area contributed by atoms with Gasteiger partial charge >= 0.3 is 0 Å². The molecule has 8 nitrogen and oxygen atoms in total. The first kappa shape index (κ1) is 22.1. The molecule has 0 aliphatic carbocycles. The quantitative estimate of drug-likeness (QED) is 0.543. The Morgan fingerprint density at radius 3 is 2.82 bits per heavy atom. The van der Waals surface area contributed by atoms with Crippen LogP contribution in [0.4, 0.5) is 21.6 Å². The van der Waals surface area contributed by atoms with Crippen LogP contribution in [0.25, 0.3) is 10.9 Å². The van der Waals surface area contributed by atoms with Crippen molar-refractivity contribution < 1.29 is 23.7 Å². The van der Waals surface area contributed by atoms with Crippen LogP contribution in [0.2, 0.25) is 5.02 Å². The molecule has 1 aromatic heterocycles. The second-order valence-electron chi connectivity index (χ2n) is 8.44. The van der Waals surface area contributed by atoms with E-state index in [-0.39, 0.29) is 35.4 Å². The maximum Gasteiger partial charge on any atom is 0.151 e. The Hall–Kier alpha value is -2.37. The maximum atomic E-state index is 15.2. The highest BCUT2D eigenvalue weighted by atomic mass is 35.5. The van der Waals surface area contributed by atoms with E-state index in [1.807, 2.05) is 0 Å². The largest absolute Gasteiger partial charge is 0.483 e. The number of aliphatic hydroxyl groups is 1. The Kier molecular flexibility index (Phi) is 5.86. The maximum absolute atomic E-state index is 15.2. The number of benzene rings is 2. The zero-order valence-electron chi connectivity index (χ0n) is 18.0. The van der Waals surface area contributed by atoms with Gasteiger partial charge in [-0.2, -0.15) is 0 Å². The minimum Gasteiger partial charge on any atom is -0.483 e. The molecule has 3 aliphatic heterocycles. The van der Waals surface area contributed by atoms with Crippen molar-refractivity contribution in [2.24, 2.45) is 4.36 Å². The van der Waals surface area contributed by atoms with E-state index >= 15 is 4.39 Å². The number of anilines is 2. The third kappa shape index (κ3) is 4.14. The summed E-state index contributed by atoms with van der Waals surface area (Å²) in [6.07, 6.45) is 0.673. The lowest BCUT2D eigenvalue weighted by Gasteiger charge is -2.21. The van der Waals surface area contributed by atoms with E-state index in [9.17, 15) is 5.11 Å². The first-order valence-corrected chi connectivity index (χ1v) is 12.9. The monoisotopic (exact) mass is 504 g/mol. The molecule has 11 heteroatoms. The molecule has 0 saturated carbocycles. The predicted octanol–water partition coefficient (Wildman–Crippen LogP) is 3.91. The molecule has 4 unspecified atom stereocenters. The van der Waals surface area contributed by atoms with Crippen molar-refractivity contribution in [3.8, 4) is 5.75 Å². The minimum absolute atomic E-state index is 0.0137. The number of aliphatic hydroxyl groups excluding tert-OH is 1. The van der Waals surface area contributed by atoms with Crippen LogP contribution in [0, 0.1) is 5.82 Å². The molecule has 3 aliphatic rings. The third-order valence-corrected chi connectivity index (χ3v) is 8.35. The van der Waals surface area contributed by atoms with Gasteiger partial charge in [0.2, 0.25) is 0 Å². The lowest BCUT2D eigenvalue weighted by atomic mass is 10.1. The zero-order valence-corrected chi connectivity index (χ0v) is 19.6. The number of hydrogen-bond acceptors (Lipinski definition) is 8. The number of nitrogens with zero attached hydrogens (tertiary/aromatic N) is 3. The summed E-state index contributed by atoms with van der Waals surface area (Å²) in [7, 11) is -0.0137. The number of ether oxygens (including phenoxy) is 3. The molecule has 2 N–H and O–H groups in total. The van der Waals surface area contributed by atoms with Crippen LogP contribution in [0.15, 0.2) is 41.0 Å². The molecular weight excluding hydrogens is 483 g/mol. The summed E-state index contributed by atoms with van der Waals surface area (Å²) < 4.78 is 37.3. The second kappa shape index (κ2) is 9.01. The van der Waals surface area contributed by atoms with E-state index in [4.69, 9.17) is 25.8 Å². The number of rotatable bonds is 5. The topological polar surface area (TPSA) is 98.1 Å². The van der Waals surface area contributed by atoms with E-state index in [2.05, 4.69) is 19.6 Å². The summed E-state index contributed by atoms with van der Waals surface area (Å²) in [5.74, 6) is 2.43. The summed E-state index contributed by atoms with van der Waals surface area (Å²) in [5.41, 5.74) is 1.62. The molecule has 178 valence electrons. The molecule has 0 bridgehead atoms. The third-order valence-electron chi connectivity index (χ3n) is 6.13. The molecule has 3 fully saturated rings. The molecular formula is C23H22ClFN4O4S. The zero-order chi connectivity index (χ0) is 23.2. The van der Waals surface area contributed by atoms with E-state index < -0.39 is 24.1 Å². The van der Waals surface area contributed by atoms with Gasteiger partial charge in [-0.25, -0.2) is 18.7 Å². The highest BCUT2D eigenvalue weighted by Gasteiger charge is 2.48. The van der Waals surface area contributed by atoms with Crippen LogP contribution in [0.3, 0.4) is 0 Å². The van der Waals surface area contributed by atoms with Gasteiger partial charge in [0.25, 0.3) is 0 Å². The molecule has 0 radical (unpaired) electrons. The summed E-state index contributed by atoms with van der Waals surface area (Å²) in [4.78, 5) is 8.54. The van der Waals surface area contributed by atoms with Gasteiger partial charge in [0.05, 0.1) is 35.5 Å². The van der Waals surface area contributed by atoms with Gasteiger partial charge in [-0.3, -0.25) is 0 Å². The van der Waals surface area contributed by atoms with Crippen LogP contribution >= 0.6 is 11.6 Å². The Morgan fingerprint density at radius 1 is 1.15 bits per heavy atom. The van der Waals surface area contributed by atoms with E-state index in [0.29, 0.717) is 33.5 Å². The van der Waals surface area contributed by atoms with Crippen molar-refractivity contribution in [1.29, 1.82) is 0 Å². The summed E-state index contributed by atoms with van der Waals surface area (Å²) >= 11 is 6.23. The molecule has 6 rings (SSSR count). The first-order valence-electron chi connectivity index (χ1n) is 11.0. The lowest BCUT2D eigenvalue weighted by molar-refractivity contribution is 0.00876. The van der Waals surface area contributed by atoms with Crippen LogP contribution < -0.4 is 10.1 Å². The molecule has 0 spiro atoms. The van der Waals surface area contributed by atoms with E-state index in [1.54, 1.807) is 24.3 Å². The molecule has 4 atom stereocenters. The molecule has 34 heavy (non-hydrogen) atoms. The number of aromatic nitrogens is 2. The normalized spacial score (nSPS) is 26.3. The van der Waals surface area contributed by atoms with Crippen LogP contribution in [0.5, 0.6) is 5.75 Å². The highest BCUT2D eigenvalue weighted by Crippen LogP contribution is 2.37. The summed E-state index contributed by atoms with van der Waals surface area (Å²) in [6.45, 7) is 0.481. The van der Waals surface area contributed by atoms with Gasteiger partial charge in [-0.05, 0) is 24.6 Å². The van der Waals surface area contributed by atoms with Crippen molar-refractivity contribution in [1.82, 2.24) is 9.97 Å². The number of halogens is 2. The smallest absolute Gasteiger partial charge is 0.151 e. The summed E-state index contributed by atoms with van der Waals surface area (Å²) in [6, 6.07) is 8.33. The van der Waals surface area contributed by atoms with E-state index in [1.165, 1.54) is 18.8 Å². The Balaban J connectivity index is 1.31. The fourth-order valence-corrected chi connectivity index (χ4v) is 5.62. The fourth-order valence-electron chi connectivity index (χ4n) is 4.32. The van der Waals surface area contributed by atoms with Crippen molar-refractivity contribution in [3.05, 3.63) is 47.5 Å². The standard InChI is InChI=1S/C23H22ClFN4O4S/c24-12-2-3-15(18(6-12)33-19-10-32-21-17(30)9-31-22(19)21)28-23-20-14(25)7-13(29-34-4-1-5-34)8-16(20)26-11-27-23/h2-3,6-8,11,17,19,21-22,30H,1,4-5,9-10H2,(H,26,27,28). The molecule has 2 aromatic carbocycles. The van der Waals surface area contributed by atoms with Gasteiger partial charge in [0, 0.05) is 28.7 Å². The Labute approximate surface area is 202 Å². The molecule has 3 saturated heterocycles. The number of fused-ring (bicyclic) bond motifs is 2. The van der Waals surface area contributed by atoms with Gasteiger partial charge < -0.3 is 24.6 Å². The Morgan fingerprint density at radius 2 is 2.00 bits per heavy atom. The van der Waals surface area contributed by atoms with E-state index in [0.717, 1.165) is 11.5 Å². The second-order valence-corrected chi connectivity index (χ2v) is 10.8. The van der Waals surface area contributed by atoms with Gasteiger partial charge in [0.1, 0.15) is 42.0 Å². The van der Waals surface area contributed by atoms with Crippen molar-refractivity contribution in [3.63, 3.8) is 0 Å². The average Bonchev–Trinajstić information content (AvgIpc) is 3.36. The molecule has 3 aromatic rings. The lowest BCUT2D eigenvalue weighted by Crippen LogP contribution is -2.34. The predicted molar refractivity (Wildman–Crippen MR) is 128 cm³/mol. The first-order chi connectivity index (χ1) is 16.5.